The molecule has 0 bridgehead atoms. The third-order valence-corrected chi connectivity index (χ3v) is 16.3. The quantitative estimate of drug-likeness (QED) is 0.0539. The highest BCUT2D eigenvalue weighted by Gasteiger charge is 2.20. The molecule has 0 aromatic heterocycles. The molecule has 0 aliphatic carbocycles. The fraction of sp³-hybridized carbons (Fsp3) is 0.172. The van der Waals surface area contributed by atoms with Crippen LogP contribution in [0, 0.1) is 27.7 Å². The van der Waals surface area contributed by atoms with Gasteiger partial charge in [-0.2, -0.15) is 10.2 Å². The zero-order valence-corrected chi connectivity index (χ0v) is 45.8. The molecule has 8 aromatic rings. The lowest BCUT2D eigenvalue weighted by atomic mass is 10.1. The van der Waals surface area contributed by atoms with Crippen LogP contribution in [-0.4, -0.2) is 70.4 Å². The second kappa shape index (κ2) is 26.4. The number of aliphatic hydroxyl groups excluding tert-OH is 2. The average molecular weight is 1060 g/mol. The lowest BCUT2D eigenvalue weighted by Gasteiger charge is -2.26. The van der Waals surface area contributed by atoms with Crippen molar-refractivity contribution in [2.75, 3.05) is 51.0 Å². The first-order valence-electron chi connectivity index (χ1n) is 25.4. The van der Waals surface area contributed by atoms with Gasteiger partial charge in [0.15, 0.2) is 0 Å². The van der Waals surface area contributed by atoms with Crippen molar-refractivity contribution in [2.45, 2.75) is 39.9 Å². The standard InChI is InChI=1S/C64H63N7O2S3/c1-47-15-27-55(28-16-47)70(56-29-17-48(2)18-30-56)59-35-23-51(24-36-59)41-66-68(53-11-7-5-8-12-53)43-61(72)45-74-63-39-40-65-64(76-63)75-46-62(73)44-69(54-13-9-6-10-14-54)67-42-52-25-37-60(38-26-52)71(57-31-19-49(3)20-32-57)58-33-21-50(4)22-34-58/h5-39,41-42,61-62,72-73H,40,43-46H2,1-4H3/b66-41+,67-42+. The van der Waals surface area contributed by atoms with Crippen molar-refractivity contribution in [3.8, 4) is 0 Å². The molecule has 1 heterocycles. The minimum Gasteiger partial charge on any atom is -0.390 e. The molecular weight excluding hydrogens is 995 g/mol. The van der Waals surface area contributed by atoms with E-state index in [4.69, 9.17) is 15.2 Å². The predicted octanol–water partition coefficient (Wildman–Crippen LogP) is 15.4. The van der Waals surface area contributed by atoms with Crippen LogP contribution in [-0.2, 0) is 0 Å². The molecule has 0 saturated heterocycles. The summed E-state index contributed by atoms with van der Waals surface area (Å²) in [5.41, 5.74) is 15.0. The molecule has 2 N–H and O–H groups in total. The van der Waals surface area contributed by atoms with E-state index in [1.807, 2.05) is 83.1 Å². The number of anilines is 8. The first-order valence-corrected chi connectivity index (χ1v) is 28.2. The molecule has 1 aliphatic rings. The molecule has 76 heavy (non-hydrogen) atoms. The number of benzene rings is 8. The van der Waals surface area contributed by atoms with Gasteiger partial charge in [0.05, 0.1) is 55.6 Å². The number of nitrogens with zero attached hydrogens (tertiary/aromatic N) is 7. The number of rotatable bonds is 21. The van der Waals surface area contributed by atoms with Crippen molar-refractivity contribution < 1.29 is 10.2 Å². The van der Waals surface area contributed by atoms with Crippen LogP contribution in [0.15, 0.2) is 232 Å². The minimum absolute atomic E-state index is 0.300. The molecule has 0 spiro atoms. The van der Waals surface area contributed by atoms with E-state index in [2.05, 4.69) is 189 Å². The zero-order chi connectivity index (χ0) is 52.6. The van der Waals surface area contributed by atoms with Crippen LogP contribution in [0.5, 0.6) is 0 Å². The Morgan fingerprint density at radius 1 is 0.447 bits per heavy atom. The molecule has 9 rings (SSSR count). The molecule has 12 heteroatoms. The van der Waals surface area contributed by atoms with Crippen LogP contribution >= 0.6 is 35.3 Å². The van der Waals surface area contributed by atoms with E-state index in [-0.39, 0.29) is 0 Å². The Kier molecular flexibility index (Phi) is 18.6. The van der Waals surface area contributed by atoms with E-state index in [0.717, 1.165) is 65.2 Å². The summed E-state index contributed by atoms with van der Waals surface area (Å²) in [4.78, 5) is 9.27. The molecule has 0 amide bonds. The summed E-state index contributed by atoms with van der Waals surface area (Å²) in [6, 6.07) is 71.0. The topological polar surface area (TPSA) is 90.5 Å². The number of aryl methyl sites for hydroxylation is 4. The van der Waals surface area contributed by atoms with E-state index in [1.165, 1.54) is 22.3 Å². The van der Waals surface area contributed by atoms with Gasteiger partial charge in [-0.15, -0.1) is 11.8 Å². The molecule has 8 aromatic carbocycles. The van der Waals surface area contributed by atoms with Crippen LogP contribution in [0.4, 0.5) is 45.5 Å². The normalized spacial score (nSPS) is 13.3. The van der Waals surface area contributed by atoms with Crippen LogP contribution in [0.25, 0.3) is 0 Å². The summed E-state index contributed by atoms with van der Waals surface area (Å²) in [6.45, 7) is 9.57. The molecule has 0 saturated carbocycles. The first kappa shape index (κ1) is 53.5. The highest BCUT2D eigenvalue weighted by molar-refractivity contribution is 8.44. The molecule has 2 unspecified atom stereocenters. The number of hydrogen-bond acceptors (Lipinski definition) is 12. The molecule has 0 radical (unpaired) electrons. The monoisotopic (exact) mass is 1060 g/mol. The van der Waals surface area contributed by atoms with Crippen LogP contribution in [0.3, 0.4) is 0 Å². The Hall–Kier alpha value is -7.32. The molecule has 1 aliphatic heterocycles. The second-order valence-corrected chi connectivity index (χ2v) is 22.3. The summed E-state index contributed by atoms with van der Waals surface area (Å²) in [7, 11) is 0. The third kappa shape index (κ3) is 15.0. The molecule has 0 fully saturated rings. The van der Waals surface area contributed by atoms with Crippen molar-refractivity contribution in [1.82, 2.24) is 0 Å². The number of para-hydroxylation sites is 2. The highest BCUT2D eigenvalue weighted by atomic mass is 32.2. The summed E-state index contributed by atoms with van der Waals surface area (Å²) in [5, 5.41) is 36.4. The van der Waals surface area contributed by atoms with Gasteiger partial charge in [-0.25, -0.2) is 0 Å². The first-order chi connectivity index (χ1) is 37.1. The molecular formula is C64H63N7O2S3. The van der Waals surface area contributed by atoms with E-state index >= 15 is 0 Å². The van der Waals surface area contributed by atoms with Gasteiger partial charge >= 0.3 is 0 Å². The zero-order valence-electron chi connectivity index (χ0n) is 43.3. The van der Waals surface area contributed by atoms with Crippen LogP contribution < -0.4 is 19.8 Å². The Balaban J connectivity index is 0.783. The van der Waals surface area contributed by atoms with Crippen molar-refractivity contribution in [3.63, 3.8) is 0 Å². The maximum absolute atomic E-state index is 11.5. The molecule has 2 atom stereocenters. The summed E-state index contributed by atoms with van der Waals surface area (Å²) < 4.78 is 1.97. The van der Waals surface area contributed by atoms with Crippen LogP contribution in [0.1, 0.15) is 33.4 Å². The highest BCUT2D eigenvalue weighted by Crippen LogP contribution is 2.38. The summed E-state index contributed by atoms with van der Waals surface area (Å²) in [5.74, 6) is 0.920. The maximum Gasteiger partial charge on any atom is 0.130 e. The minimum atomic E-state index is -0.691. The van der Waals surface area contributed by atoms with Gasteiger partial charge in [-0.3, -0.25) is 15.0 Å². The van der Waals surface area contributed by atoms with Crippen LogP contribution in [0.2, 0.25) is 0 Å². The number of hydrazone groups is 2. The second-order valence-electron chi connectivity index (χ2n) is 18.7. The van der Waals surface area contributed by atoms with Crippen molar-refractivity contribution >= 4 is 97.6 Å². The van der Waals surface area contributed by atoms with Gasteiger partial charge in [-0.1, -0.05) is 155 Å². The van der Waals surface area contributed by atoms with E-state index in [9.17, 15) is 10.2 Å². The predicted molar refractivity (Wildman–Crippen MR) is 329 cm³/mol. The Morgan fingerprint density at radius 3 is 1.13 bits per heavy atom. The average Bonchev–Trinajstić information content (AvgIpc) is 3.46. The molecule has 9 nitrogen and oxygen atoms in total. The summed E-state index contributed by atoms with van der Waals surface area (Å²) in [6.07, 6.45) is 4.43. The lowest BCUT2D eigenvalue weighted by Crippen LogP contribution is -2.30. The van der Waals surface area contributed by atoms with Crippen molar-refractivity contribution in [2.24, 2.45) is 15.2 Å². The van der Waals surface area contributed by atoms with Gasteiger partial charge in [-0.05, 0) is 142 Å². The SMILES string of the molecule is Cc1ccc(N(c2ccc(C)cc2)c2ccc(/C=N/N(CC(O)CSC3=CCN=C(SCC(O)CN(/N=C/c4ccc(N(c5ccc(C)cc5)c5ccc(C)cc5)cc4)c4ccccc4)S3)c3ccccc3)cc2)cc1. The number of thioether (sulfide) groups is 3. The van der Waals surface area contributed by atoms with Gasteiger partial charge < -0.3 is 20.0 Å². The Morgan fingerprint density at radius 2 is 0.776 bits per heavy atom. The Labute approximate surface area is 461 Å². The van der Waals surface area contributed by atoms with Gasteiger partial charge in [0.2, 0.25) is 0 Å². The number of hydrogen-bond donors (Lipinski definition) is 2. The van der Waals surface area contributed by atoms with E-state index in [1.54, 1.807) is 35.3 Å². The number of aliphatic imine (C=N–C) groups is 1. The lowest BCUT2D eigenvalue weighted by molar-refractivity contribution is 0.204. The van der Waals surface area contributed by atoms with E-state index < -0.39 is 12.2 Å². The van der Waals surface area contributed by atoms with Gasteiger partial charge in [0.25, 0.3) is 0 Å². The largest absolute Gasteiger partial charge is 0.390 e. The number of aliphatic hydroxyl groups is 2. The van der Waals surface area contributed by atoms with Crippen molar-refractivity contribution in [3.05, 3.63) is 250 Å². The van der Waals surface area contributed by atoms with Gasteiger partial charge in [0.1, 0.15) is 4.38 Å². The molecule has 384 valence electrons. The fourth-order valence-electron chi connectivity index (χ4n) is 8.37. The smallest absolute Gasteiger partial charge is 0.130 e. The Bertz CT molecular complexity index is 2900. The third-order valence-electron chi connectivity index (χ3n) is 12.5. The van der Waals surface area contributed by atoms with E-state index in [0.29, 0.717) is 31.1 Å². The van der Waals surface area contributed by atoms with Gasteiger partial charge in [0, 0.05) is 49.9 Å². The summed E-state index contributed by atoms with van der Waals surface area (Å²) >= 11 is 4.74. The fourth-order valence-corrected chi connectivity index (χ4v) is 11.6. The van der Waals surface area contributed by atoms with Crippen molar-refractivity contribution in [1.29, 1.82) is 0 Å². The maximum atomic E-state index is 11.5.